The molecular formula is C14H21ClN2O3. The van der Waals surface area contributed by atoms with E-state index in [4.69, 9.17) is 26.8 Å². The Morgan fingerprint density at radius 3 is 2.25 bits per heavy atom. The Balaban J connectivity index is 3.05. The molecule has 0 aromatic heterocycles. The van der Waals surface area contributed by atoms with Crippen LogP contribution < -0.4 is 20.5 Å². The lowest BCUT2D eigenvalue weighted by atomic mass is 9.87. The fourth-order valence-corrected chi connectivity index (χ4v) is 1.79. The number of nitrogens with one attached hydrogen (secondary N) is 1. The summed E-state index contributed by atoms with van der Waals surface area (Å²) in [4.78, 5) is 12.1. The summed E-state index contributed by atoms with van der Waals surface area (Å²) in [6.45, 7) is 5.70. The Hall–Kier alpha value is -1.46. The fourth-order valence-electron chi connectivity index (χ4n) is 1.56. The first-order chi connectivity index (χ1) is 9.20. The van der Waals surface area contributed by atoms with Gasteiger partial charge in [-0.3, -0.25) is 4.79 Å². The number of benzene rings is 1. The molecular weight excluding hydrogens is 280 g/mol. The number of hydrogen-bond donors (Lipinski definition) is 2. The minimum absolute atomic E-state index is 0.292. The smallest absolute Gasteiger partial charge is 0.241 e. The zero-order valence-electron chi connectivity index (χ0n) is 12.4. The van der Waals surface area contributed by atoms with Gasteiger partial charge in [-0.05, 0) is 5.41 Å². The standard InChI is InChI=1S/C14H21ClN2O3/c1-14(2,3)12(16)13(18)17-9-7-10(19-4)8(15)6-11(9)20-5/h6-7,12H,16H2,1-5H3,(H,17,18)/t12-/m1/s1. The molecule has 1 aromatic carbocycles. The molecule has 0 bridgehead atoms. The molecule has 1 atom stereocenters. The highest BCUT2D eigenvalue weighted by Gasteiger charge is 2.28. The Morgan fingerprint density at radius 2 is 1.80 bits per heavy atom. The zero-order valence-corrected chi connectivity index (χ0v) is 13.2. The maximum Gasteiger partial charge on any atom is 0.241 e. The van der Waals surface area contributed by atoms with Gasteiger partial charge in [0.2, 0.25) is 5.91 Å². The molecule has 0 fully saturated rings. The Bertz CT molecular complexity index is 498. The fraction of sp³-hybridized carbons (Fsp3) is 0.500. The number of rotatable bonds is 4. The van der Waals surface area contributed by atoms with Gasteiger partial charge in [0.15, 0.2) is 0 Å². The second kappa shape index (κ2) is 6.33. The second-order valence-electron chi connectivity index (χ2n) is 5.52. The second-order valence-corrected chi connectivity index (χ2v) is 5.93. The molecule has 3 N–H and O–H groups in total. The van der Waals surface area contributed by atoms with E-state index in [0.717, 1.165) is 0 Å². The van der Waals surface area contributed by atoms with Gasteiger partial charge in [-0.2, -0.15) is 0 Å². The number of halogens is 1. The van der Waals surface area contributed by atoms with Crippen LogP contribution in [0.1, 0.15) is 20.8 Å². The Morgan fingerprint density at radius 1 is 1.25 bits per heavy atom. The van der Waals surface area contributed by atoms with Crippen LogP contribution in [0.15, 0.2) is 12.1 Å². The number of hydrogen-bond acceptors (Lipinski definition) is 4. The van der Waals surface area contributed by atoms with Crippen molar-refractivity contribution in [2.24, 2.45) is 11.1 Å². The lowest BCUT2D eigenvalue weighted by Gasteiger charge is -2.26. The molecule has 0 unspecified atom stereocenters. The highest BCUT2D eigenvalue weighted by Crippen LogP contribution is 2.36. The molecule has 0 aliphatic heterocycles. The van der Waals surface area contributed by atoms with Crippen LogP contribution >= 0.6 is 11.6 Å². The van der Waals surface area contributed by atoms with Gasteiger partial charge in [0.25, 0.3) is 0 Å². The summed E-state index contributed by atoms with van der Waals surface area (Å²) in [7, 11) is 3.00. The molecule has 5 nitrogen and oxygen atoms in total. The lowest BCUT2D eigenvalue weighted by molar-refractivity contribution is -0.119. The summed E-state index contributed by atoms with van der Waals surface area (Å²) in [5.74, 6) is 0.609. The van der Waals surface area contributed by atoms with Crippen LogP contribution in [0, 0.1) is 5.41 Å². The van der Waals surface area contributed by atoms with Gasteiger partial charge >= 0.3 is 0 Å². The first kappa shape index (κ1) is 16.6. The van der Waals surface area contributed by atoms with E-state index < -0.39 is 6.04 Å². The van der Waals surface area contributed by atoms with Gasteiger partial charge in [-0.1, -0.05) is 32.4 Å². The van der Waals surface area contributed by atoms with Crippen molar-refractivity contribution in [3.05, 3.63) is 17.2 Å². The van der Waals surface area contributed by atoms with E-state index in [1.807, 2.05) is 20.8 Å². The summed E-state index contributed by atoms with van der Waals surface area (Å²) >= 11 is 6.01. The molecule has 0 aliphatic rings. The minimum Gasteiger partial charge on any atom is -0.495 e. The number of nitrogens with two attached hydrogens (primary N) is 1. The highest BCUT2D eigenvalue weighted by atomic mass is 35.5. The predicted molar refractivity (Wildman–Crippen MR) is 80.6 cm³/mol. The van der Waals surface area contributed by atoms with Gasteiger partial charge in [0.1, 0.15) is 11.5 Å². The number of anilines is 1. The van der Waals surface area contributed by atoms with Crippen molar-refractivity contribution >= 4 is 23.2 Å². The van der Waals surface area contributed by atoms with Crippen molar-refractivity contribution in [2.45, 2.75) is 26.8 Å². The van der Waals surface area contributed by atoms with Gasteiger partial charge in [-0.15, -0.1) is 0 Å². The highest BCUT2D eigenvalue weighted by molar-refractivity contribution is 6.32. The molecule has 0 aliphatic carbocycles. The summed E-state index contributed by atoms with van der Waals surface area (Å²) in [5.41, 5.74) is 6.06. The molecule has 1 rings (SSSR count). The maximum absolute atomic E-state index is 12.1. The number of carbonyl (C=O) groups excluding carboxylic acids is 1. The third kappa shape index (κ3) is 3.77. The summed E-state index contributed by atoms with van der Waals surface area (Å²) in [5, 5.41) is 3.15. The van der Waals surface area contributed by atoms with E-state index in [9.17, 15) is 4.79 Å². The quantitative estimate of drug-likeness (QED) is 0.896. The van der Waals surface area contributed by atoms with Crippen molar-refractivity contribution in [3.63, 3.8) is 0 Å². The lowest BCUT2D eigenvalue weighted by Crippen LogP contribution is -2.45. The van der Waals surface area contributed by atoms with Gasteiger partial charge < -0.3 is 20.5 Å². The third-order valence-corrected chi connectivity index (χ3v) is 3.24. The first-order valence-corrected chi connectivity index (χ1v) is 6.56. The summed E-state index contributed by atoms with van der Waals surface area (Å²) in [6.07, 6.45) is 0. The SMILES string of the molecule is COc1cc(NC(=O)[C@@H](N)C(C)(C)C)c(OC)cc1Cl. The number of ether oxygens (including phenoxy) is 2. The molecule has 20 heavy (non-hydrogen) atoms. The topological polar surface area (TPSA) is 73.6 Å². The van der Waals surface area contributed by atoms with Gasteiger partial charge in [0, 0.05) is 12.1 Å². The Labute approximate surface area is 124 Å². The number of amides is 1. The zero-order chi connectivity index (χ0) is 15.5. The van der Waals surface area contributed by atoms with Crippen LogP contribution in [0.4, 0.5) is 5.69 Å². The van der Waals surface area contributed by atoms with E-state index in [1.54, 1.807) is 12.1 Å². The van der Waals surface area contributed by atoms with Crippen LogP contribution in [-0.2, 0) is 4.79 Å². The van der Waals surface area contributed by atoms with E-state index >= 15 is 0 Å². The molecule has 1 amide bonds. The summed E-state index contributed by atoms with van der Waals surface area (Å²) < 4.78 is 10.3. The van der Waals surface area contributed by atoms with Crippen LogP contribution in [0.5, 0.6) is 11.5 Å². The molecule has 1 aromatic rings. The maximum atomic E-state index is 12.1. The van der Waals surface area contributed by atoms with Gasteiger partial charge in [0.05, 0.1) is 31.0 Å². The average molecular weight is 301 g/mol. The third-order valence-electron chi connectivity index (χ3n) is 2.95. The van der Waals surface area contributed by atoms with Crippen molar-refractivity contribution in [3.8, 4) is 11.5 Å². The molecule has 112 valence electrons. The van der Waals surface area contributed by atoms with Gasteiger partial charge in [-0.25, -0.2) is 0 Å². The Kier molecular flexibility index (Phi) is 5.25. The molecule has 0 saturated carbocycles. The van der Waals surface area contributed by atoms with Crippen molar-refractivity contribution in [1.82, 2.24) is 0 Å². The monoisotopic (exact) mass is 300 g/mol. The van der Waals surface area contributed by atoms with E-state index in [1.165, 1.54) is 14.2 Å². The van der Waals surface area contributed by atoms with Crippen molar-refractivity contribution in [2.75, 3.05) is 19.5 Å². The van der Waals surface area contributed by atoms with Crippen LogP contribution in [0.3, 0.4) is 0 Å². The summed E-state index contributed by atoms with van der Waals surface area (Å²) in [6, 6.07) is 2.54. The molecule has 0 heterocycles. The number of methoxy groups -OCH3 is 2. The molecule has 6 heteroatoms. The molecule has 0 spiro atoms. The molecule has 0 radical (unpaired) electrons. The van der Waals surface area contributed by atoms with Crippen LogP contribution in [0.2, 0.25) is 5.02 Å². The van der Waals surface area contributed by atoms with E-state index in [2.05, 4.69) is 5.32 Å². The largest absolute Gasteiger partial charge is 0.495 e. The van der Waals surface area contributed by atoms with Crippen molar-refractivity contribution < 1.29 is 14.3 Å². The van der Waals surface area contributed by atoms with Crippen molar-refractivity contribution in [1.29, 1.82) is 0 Å². The van der Waals surface area contributed by atoms with E-state index in [-0.39, 0.29) is 11.3 Å². The normalized spacial score (nSPS) is 12.8. The van der Waals surface area contributed by atoms with Crippen LogP contribution in [-0.4, -0.2) is 26.2 Å². The molecule has 0 saturated heterocycles. The predicted octanol–water partition coefficient (Wildman–Crippen LogP) is 2.67. The average Bonchev–Trinajstić information content (AvgIpc) is 2.38. The van der Waals surface area contributed by atoms with Crippen LogP contribution in [0.25, 0.3) is 0 Å². The number of carbonyl (C=O) groups is 1. The first-order valence-electron chi connectivity index (χ1n) is 6.18. The van der Waals surface area contributed by atoms with E-state index in [0.29, 0.717) is 22.2 Å². The minimum atomic E-state index is -0.645.